The SMILES string of the molecule is CC1(C)CN(C2CCCCCC2)CC(CC(=O)O)N1. The Morgan fingerprint density at radius 3 is 2.47 bits per heavy atom. The largest absolute Gasteiger partial charge is 0.481 e. The highest BCUT2D eigenvalue weighted by molar-refractivity contribution is 5.67. The molecule has 2 aliphatic rings. The van der Waals surface area contributed by atoms with Crippen molar-refractivity contribution >= 4 is 5.97 Å². The van der Waals surface area contributed by atoms with Crippen LogP contribution >= 0.6 is 0 Å². The van der Waals surface area contributed by atoms with E-state index in [0.717, 1.165) is 13.1 Å². The van der Waals surface area contributed by atoms with Crippen molar-refractivity contribution in [2.24, 2.45) is 0 Å². The summed E-state index contributed by atoms with van der Waals surface area (Å²) in [5.41, 5.74) is 0.0185. The van der Waals surface area contributed by atoms with Crippen LogP contribution in [0.4, 0.5) is 0 Å². The molecular formula is C15H28N2O2. The second kappa shape index (κ2) is 6.23. The highest BCUT2D eigenvalue weighted by Crippen LogP contribution is 2.26. The summed E-state index contributed by atoms with van der Waals surface area (Å²) in [4.78, 5) is 13.5. The first-order valence-corrected chi connectivity index (χ1v) is 7.70. The van der Waals surface area contributed by atoms with Crippen LogP contribution in [0.3, 0.4) is 0 Å². The summed E-state index contributed by atoms with van der Waals surface area (Å²) >= 11 is 0. The lowest BCUT2D eigenvalue weighted by Gasteiger charge is -2.46. The summed E-state index contributed by atoms with van der Waals surface area (Å²) in [5.74, 6) is -0.698. The molecule has 1 aliphatic heterocycles. The molecule has 4 heteroatoms. The quantitative estimate of drug-likeness (QED) is 0.771. The Morgan fingerprint density at radius 1 is 1.26 bits per heavy atom. The lowest BCUT2D eigenvalue weighted by atomic mass is 9.94. The van der Waals surface area contributed by atoms with E-state index in [1.165, 1.54) is 38.5 Å². The zero-order chi connectivity index (χ0) is 13.9. The molecule has 1 unspecified atom stereocenters. The number of piperazine rings is 1. The van der Waals surface area contributed by atoms with Gasteiger partial charge >= 0.3 is 5.97 Å². The van der Waals surface area contributed by atoms with E-state index in [1.807, 2.05) is 0 Å². The Labute approximate surface area is 116 Å². The Morgan fingerprint density at radius 2 is 1.89 bits per heavy atom. The molecule has 0 aromatic carbocycles. The lowest BCUT2D eigenvalue weighted by molar-refractivity contribution is -0.138. The number of hydrogen-bond donors (Lipinski definition) is 2. The fourth-order valence-corrected chi connectivity index (χ4v) is 3.73. The fraction of sp³-hybridized carbons (Fsp3) is 0.933. The van der Waals surface area contributed by atoms with E-state index in [2.05, 4.69) is 24.1 Å². The van der Waals surface area contributed by atoms with Gasteiger partial charge in [0.1, 0.15) is 0 Å². The van der Waals surface area contributed by atoms with E-state index < -0.39 is 5.97 Å². The zero-order valence-electron chi connectivity index (χ0n) is 12.3. The molecule has 1 heterocycles. The van der Waals surface area contributed by atoms with Crippen LogP contribution in [-0.2, 0) is 4.79 Å². The smallest absolute Gasteiger partial charge is 0.304 e. The van der Waals surface area contributed by atoms with Gasteiger partial charge in [0.2, 0.25) is 0 Å². The van der Waals surface area contributed by atoms with E-state index in [-0.39, 0.29) is 18.0 Å². The van der Waals surface area contributed by atoms with Gasteiger partial charge in [-0.1, -0.05) is 25.7 Å². The van der Waals surface area contributed by atoms with Crippen molar-refractivity contribution in [1.82, 2.24) is 10.2 Å². The molecule has 0 spiro atoms. The minimum Gasteiger partial charge on any atom is -0.481 e. The monoisotopic (exact) mass is 268 g/mol. The molecule has 1 aliphatic carbocycles. The average Bonchev–Trinajstić information content (AvgIpc) is 2.53. The standard InChI is InChI=1S/C15H28N2O2/c1-15(2)11-17(10-12(16-15)9-14(18)19)13-7-5-3-4-6-8-13/h12-13,16H,3-11H2,1-2H3,(H,18,19). The first-order valence-electron chi connectivity index (χ1n) is 7.70. The van der Waals surface area contributed by atoms with Gasteiger partial charge in [-0.3, -0.25) is 9.69 Å². The molecule has 19 heavy (non-hydrogen) atoms. The summed E-state index contributed by atoms with van der Waals surface area (Å²) in [6.07, 6.45) is 8.20. The number of carboxylic acid groups (broad SMARTS) is 1. The lowest BCUT2D eigenvalue weighted by Crippen LogP contribution is -2.64. The van der Waals surface area contributed by atoms with Gasteiger partial charge in [-0.05, 0) is 26.7 Å². The molecule has 1 saturated carbocycles. The maximum absolute atomic E-state index is 11.0. The van der Waals surface area contributed by atoms with Crippen LogP contribution in [0.2, 0.25) is 0 Å². The zero-order valence-corrected chi connectivity index (χ0v) is 12.3. The second-order valence-corrected chi connectivity index (χ2v) is 6.90. The maximum atomic E-state index is 11.0. The number of carboxylic acids is 1. The first-order chi connectivity index (χ1) is 8.96. The summed E-state index contributed by atoms with van der Waals surface area (Å²) in [6, 6.07) is 0.754. The minimum absolute atomic E-state index is 0.0185. The highest BCUT2D eigenvalue weighted by Gasteiger charge is 2.35. The highest BCUT2D eigenvalue weighted by atomic mass is 16.4. The van der Waals surface area contributed by atoms with Crippen molar-refractivity contribution in [2.75, 3.05) is 13.1 Å². The molecule has 4 nitrogen and oxygen atoms in total. The summed E-state index contributed by atoms with van der Waals surface area (Å²) in [7, 11) is 0. The van der Waals surface area contributed by atoms with Crippen LogP contribution in [0.1, 0.15) is 58.8 Å². The molecule has 0 aromatic rings. The van der Waals surface area contributed by atoms with E-state index in [4.69, 9.17) is 5.11 Å². The van der Waals surface area contributed by atoms with Gasteiger partial charge in [-0.2, -0.15) is 0 Å². The minimum atomic E-state index is -0.698. The third-order valence-electron chi connectivity index (χ3n) is 4.41. The Kier molecular flexibility index (Phi) is 4.85. The van der Waals surface area contributed by atoms with Gasteiger partial charge in [0.05, 0.1) is 6.42 Å². The van der Waals surface area contributed by atoms with Gasteiger partial charge in [0.25, 0.3) is 0 Å². The van der Waals surface area contributed by atoms with E-state index in [9.17, 15) is 4.79 Å². The van der Waals surface area contributed by atoms with Gasteiger partial charge in [-0.25, -0.2) is 0 Å². The number of nitrogens with one attached hydrogen (secondary N) is 1. The topological polar surface area (TPSA) is 52.6 Å². The van der Waals surface area contributed by atoms with E-state index >= 15 is 0 Å². The van der Waals surface area contributed by atoms with Gasteiger partial charge in [0.15, 0.2) is 0 Å². The number of rotatable bonds is 3. The van der Waals surface area contributed by atoms with Gasteiger partial charge in [-0.15, -0.1) is 0 Å². The molecule has 0 radical (unpaired) electrons. The molecule has 0 amide bonds. The fourth-order valence-electron chi connectivity index (χ4n) is 3.73. The normalized spacial score (nSPS) is 29.9. The van der Waals surface area contributed by atoms with Crippen LogP contribution in [0.15, 0.2) is 0 Å². The van der Waals surface area contributed by atoms with Crippen molar-refractivity contribution in [1.29, 1.82) is 0 Å². The predicted octanol–water partition coefficient (Wildman–Crippen LogP) is 2.24. The molecule has 0 aromatic heterocycles. The number of carbonyl (C=O) groups is 1. The molecule has 1 atom stereocenters. The van der Waals surface area contributed by atoms with Crippen LogP contribution < -0.4 is 5.32 Å². The second-order valence-electron chi connectivity index (χ2n) is 6.90. The third-order valence-corrected chi connectivity index (χ3v) is 4.41. The van der Waals surface area contributed by atoms with E-state index in [0.29, 0.717) is 6.04 Å². The molecule has 1 saturated heterocycles. The van der Waals surface area contributed by atoms with Crippen molar-refractivity contribution in [3.05, 3.63) is 0 Å². The molecule has 2 rings (SSSR count). The van der Waals surface area contributed by atoms with Crippen molar-refractivity contribution in [2.45, 2.75) is 76.4 Å². The molecule has 110 valence electrons. The molecule has 2 fully saturated rings. The molecule has 0 bridgehead atoms. The number of nitrogens with zero attached hydrogens (tertiary/aromatic N) is 1. The Hall–Kier alpha value is -0.610. The van der Waals surface area contributed by atoms with Crippen LogP contribution in [-0.4, -0.2) is 46.7 Å². The van der Waals surface area contributed by atoms with Crippen molar-refractivity contribution in [3.8, 4) is 0 Å². The molecule has 2 N–H and O–H groups in total. The maximum Gasteiger partial charge on any atom is 0.304 e. The summed E-state index contributed by atoms with van der Waals surface area (Å²) in [5, 5.41) is 12.5. The van der Waals surface area contributed by atoms with Crippen molar-refractivity contribution in [3.63, 3.8) is 0 Å². The Bertz CT molecular complexity index is 309. The van der Waals surface area contributed by atoms with Crippen LogP contribution in [0, 0.1) is 0 Å². The van der Waals surface area contributed by atoms with Crippen LogP contribution in [0.5, 0.6) is 0 Å². The number of aliphatic carboxylic acids is 1. The Balaban J connectivity index is 2.00. The molecular weight excluding hydrogens is 240 g/mol. The van der Waals surface area contributed by atoms with Crippen molar-refractivity contribution < 1.29 is 9.90 Å². The van der Waals surface area contributed by atoms with E-state index in [1.54, 1.807) is 0 Å². The predicted molar refractivity (Wildman–Crippen MR) is 76.3 cm³/mol. The average molecular weight is 268 g/mol. The van der Waals surface area contributed by atoms with Crippen LogP contribution in [0.25, 0.3) is 0 Å². The summed E-state index contributed by atoms with van der Waals surface area (Å²) in [6.45, 7) is 6.30. The third kappa shape index (κ3) is 4.46. The van der Waals surface area contributed by atoms with Gasteiger partial charge in [0, 0.05) is 30.7 Å². The summed E-state index contributed by atoms with van der Waals surface area (Å²) < 4.78 is 0. The number of hydrogen-bond acceptors (Lipinski definition) is 3. The first kappa shape index (κ1) is 14.8. The van der Waals surface area contributed by atoms with Gasteiger partial charge < -0.3 is 10.4 Å².